The van der Waals surface area contributed by atoms with E-state index in [1.165, 1.54) is 16.7 Å². The molecule has 0 aliphatic heterocycles. The van der Waals surface area contributed by atoms with Crippen LogP contribution >= 0.6 is 46.4 Å². The lowest BCUT2D eigenvalue weighted by atomic mass is 10.1. The summed E-state index contributed by atoms with van der Waals surface area (Å²) in [6.45, 7) is 1.80. The standard InChI is InChI=1S/C18H9Cl4N3O2/c1-8-5-9(19)6-10-14(8)24-17(27-18(10)26)13-7-12(21)15(22)25(13)16-11(20)3-2-4-23-16/h2-7H,1H3. The Labute approximate surface area is 173 Å². The SMILES string of the molecule is Cc1cc(Cl)cc2c(=O)oc(-c3cc(Cl)c(Cl)n3-c3ncccc3Cl)nc12. The molecule has 136 valence electrons. The Hall–Kier alpha value is -2.05. The smallest absolute Gasteiger partial charge is 0.347 e. The van der Waals surface area contributed by atoms with Crippen LogP contribution in [-0.4, -0.2) is 14.5 Å². The molecule has 3 aromatic heterocycles. The van der Waals surface area contributed by atoms with Crippen molar-refractivity contribution in [3.05, 3.63) is 72.7 Å². The predicted octanol–water partition coefficient (Wildman–Crippen LogP) is 5.96. The van der Waals surface area contributed by atoms with Gasteiger partial charge in [-0.15, -0.1) is 0 Å². The monoisotopic (exact) mass is 439 g/mol. The van der Waals surface area contributed by atoms with Crippen LogP contribution in [0.25, 0.3) is 28.3 Å². The Morgan fingerprint density at radius 2 is 1.85 bits per heavy atom. The van der Waals surface area contributed by atoms with Crippen molar-refractivity contribution in [1.29, 1.82) is 0 Å². The fraction of sp³-hybridized carbons (Fsp3) is 0.0556. The summed E-state index contributed by atoms with van der Waals surface area (Å²) in [5.74, 6) is 0.372. The van der Waals surface area contributed by atoms with Gasteiger partial charge in [0.15, 0.2) is 5.82 Å². The van der Waals surface area contributed by atoms with Gasteiger partial charge in [0.2, 0.25) is 5.89 Å². The molecule has 0 atom stereocenters. The van der Waals surface area contributed by atoms with Crippen LogP contribution in [0.2, 0.25) is 20.2 Å². The lowest BCUT2D eigenvalue weighted by Gasteiger charge is -2.10. The van der Waals surface area contributed by atoms with Gasteiger partial charge in [0, 0.05) is 11.2 Å². The highest BCUT2D eigenvalue weighted by atomic mass is 35.5. The van der Waals surface area contributed by atoms with Gasteiger partial charge in [0.1, 0.15) is 10.8 Å². The summed E-state index contributed by atoms with van der Waals surface area (Å²) < 4.78 is 6.90. The Morgan fingerprint density at radius 3 is 2.59 bits per heavy atom. The number of rotatable bonds is 2. The van der Waals surface area contributed by atoms with E-state index in [1.807, 2.05) is 0 Å². The quantitative estimate of drug-likeness (QED) is 0.385. The lowest BCUT2D eigenvalue weighted by molar-refractivity contribution is 0.514. The van der Waals surface area contributed by atoms with E-state index in [-0.39, 0.29) is 21.5 Å². The van der Waals surface area contributed by atoms with Gasteiger partial charge in [-0.3, -0.25) is 4.57 Å². The molecular formula is C18H9Cl4N3O2. The summed E-state index contributed by atoms with van der Waals surface area (Å²) in [5, 5.41) is 1.47. The molecule has 0 amide bonds. The summed E-state index contributed by atoms with van der Waals surface area (Å²) in [4.78, 5) is 21.2. The Kier molecular flexibility index (Phi) is 4.64. The average Bonchev–Trinajstić information content (AvgIpc) is 2.91. The molecule has 0 saturated heterocycles. The minimum atomic E-state index is -0.576. The molecule has 0 aliphatic carbocycles. The first-order chi connectivity index (χ1) is 12.9. The number of halogens is 4. The molecule has 0 aliphatic rings. The second-order valence-corrected chi connectivity index (χ2v) is 7.35. The molecule has 0 N–H and O–H groups in total. The van der Waals surface area contributed by atoms with Crippen LogP contribution < -0.4 is 5.63 Å². The first-order valence-electron chi connectivity index (χ1n) is 7.66. The van der Waals surface area contributed by atoms with Gasteiger partial charge in [-0.25, -0.2) is 14.8 Å². The van der Waals surface area contributed by atoms with Crippen molar-refractivity contribution >= 4 is 57.3 Å². The summed E-state index contributed by atoms with van der Waals surface area (Å²) in [6.07, 6.45) is 1.56. The number of hydrogen-bond donors (Lipinski definition) is 0. The first kappa shape index (κ1) is 18.3. The third kappa shape index (κ3) is 3.11. The summed E-state index contributed by atoms with van der Waals surface area (Å²) in [7, 11) is 0. The van der Waals surface area contributed by atoms with E-state index >= 15 is 0 Å². The minimum Gasteiger partial charge on any atom is -0.401 e. The van der Waals surface area contributed by atoms with Gasteiger partial charge >= 0.3 is 5.63 Å². The van der Waals surface area contributed by atoms with E-state index in [2.05, 4.69) is 9.97 Å². The van der Waals surface area contributed by atoms with Crippen LogP contribution in [0.4, 0.5) is 0 Å². The van der Waals surface area contributed by atoms with Gasteiger partial charge in [0.25, 0.3) is 0 Å². The summed E-state index contributed by atoms with van der Waals surface area (Å²) in [6, 6.07) is 8.12. The molecule has 0 radical (unpaired) electrons. The number of hydrogen-bond acceptors (Lipinski definition) is 4. The second-order valence-electron chi connectivity index (χ2n) is 5.74. The third-order valence-electron chi connectivity index (χ3n) is 3.96. The van der Waals surface area contributed by atoms with Crippen LogP contribution in [0.3, 0.4) is 0 Å². The van der Waals surface area contributed by atoms with Gasteiger partial charge in [0.05, 0.1) is 20.9 Å². The molecule has 4 aromatic rings. The zero-order valence-electron chi connectivity index (χ0n) is 13.6. The zero-order chi connectivity index (χ0) is 19.3. The molecule has 5 nitrogen and oxygen atoms in total. The maximum absolute atomic E-state index is 12.5. The molecule has 0 unspecified atom stereocenters. The third-order valence-corrected chi connectivity index (χ3v) is 5.23. The summed E-state index contributed by atoms with van der Waals surface area (Å²) >= 11 is 24.8. The van der Waals surface area contributed by atoms with E-state index in [1.54, 1.807) is 31.3 Å². The largest absolute Gasteiger partial charge is 0.401 e. The highest BCUT2D eigenvalue weighted by Gasteiger charge is 2.22. The number of pyridine rings is 1. The van der Waals surface area contributed by atoms with Crippen LogP contribution in [0, 0.1) is 6.92 Å². The van der Waals surface area contributed by atoms with Crippen molar-refractivity contribution in [2.24, 2.45) is 0 Å². The first-order valence-corrected chi connectivity index (χ1v) is 9.17. The molecule has 1 aromatic carbocycles. The number of nitrogens with zero attached hydrogens (tertiary/aromatic N) is 3. The predicted molar refractivity (Wildman–Crippen MR) is 108 cm³/mol. The number of aromatic nitrogens is 3. The maximum Gasteiger partial charge on any atom is 0.347 e. The molecule has 0 bridgehead atoms. The van der Waals surface area contributed by atoms with E-state index in [0.717, 1.165) is 5.56 Å². The van der Waals surface area contributed by atoms with Crippen LogP contribution in [0.15, 0.2) is 45.7 Å². The summed E-state index contributed by atoms with van der Waals surface area (Å²) in [5.41, 5.74) is 0.974. The Bertz CT molecular complexity index is 1260. The van der Waals surface area contributed by atoms with Crippen LogP contribution in [0.1, 0.15) is 5.56 Å². The molecule has 27 heavy (non-hydrogen) atoms. The molecule has 4 rings (SSSR count). The van der Waals surface area contributed by atoms with E-state index < -0.39 is 5.63 Å². The number of aryl methyl sites for hydroxylation is 1. The second kappa shape index (κ2) is 6.84. The number of fused-ring (bicyclic) bond motifs is 1. The molecule has 0 saturated carbocycles. The molecule has 3 heterocycles. The van der Waals surface area contributed by atoms with E-state index in [9.17, 15) is 4.79 Å². The van der Waals surface area contributed by atoms with Crippen LogP contribution in [-0.2, 0) is 0 Å². The van der Waals surface area contributed by atoms with Gasteiger partial charge in [-0.05, 0) is 42.8 Å². The average molecular weight is 441 g/mol. The van der Waals surface area contributed by atoms with Gasteiger partial charge < -0.3 is 4.42 Å². The van der Waals surface area contributed by atoms with Crippen molar-refractivity contribution in [2.45, 2.75) is 6.92 Å². The van der Waals surface area contributed by atoms with Crippen molar-refractivity contribution in [3.8, 4) is 17.4 Å². The topological polar surface area (TPSA) is 60.9 Å². The van der Waals surface area contributed by atoms with E-state index in [0.29, 0.717) is 27.1 Å². The lowest BCUT2D eigenvalue weighted by Crippen LogP contribution is -2.07. The Morgan fingerprint density at radius 1 is 1.07 bits per heavy atom. The molecule has 0 fully saturated rings. The normalized spacial score (nSPS) is 11.3. The van der Waals surface area contributed by atoms with Crippen molar-refractivity contribution in [1.82, 2.24) is 14.5 Å². The fourth-order valence-electron chi connectivity index (χ4n) is 2.78. The molecule has 0 spiro atoms. The highest BCUT2D eigenvalue weighted by Crippen LogP contribution is 2.36. The van der Waals surface area contributed by atoms with Gasteiger partial charge in [-0.1, -0.05) is 46.4 Å². The number of benzene rings is 1. The van der Waals surface area contributed by atoms with Gasteiger partial charge in [-0.2, -0.15) is 0 Å². The highest BCUT2D eigenvalue weighted by molar-refractivity contribution is 6.42. The Balaban J connectivity index is 2.05. The molecular weight excluding hydrogens is 432 g/mol. The van der Waals surface area contributed by atoms with Crippen molar-refractivity contribution < 1.29 is 4.42 Å². The molecule has 9 heteroatoms. The van der Waals surface area contributed by atoms with E-state index in [4.69, 9.17) is 50.8 Å². The van der Waals surface area contributed by atoms with Crippen LogP contribution in [0.5, 0.6) is 0 Å². The fourth-order valence-corrected chi connectivity index (χ4v) is 3.67. The maximum atomic E-state index is 12.5. The van der Waals surface area contributed by atoms with Crippen molar-refractivity contribution in [2.75, 3.05) is 0 Å². The zero-order valence-corrected chi connectivity index (χ0v) is 16.7. The minimum absolute atomic E-state index is 0.0356. The van der Waals surface area contributed by atoms with Crippen molar-refractivity contribution in [3.63, 3.8) is 0 Å².